The fraction of sp³-hybridized carbons (Fsp3) is 0.423. The average Bonchev–Trinajstić information content (AvgIpc) is 2.79. The maximum atomic E-state index is 12.6. The summed E-state index contributed by atoms with van der Waals surface area (Å²) in [5, 5.41) is 9.55. The monoisotopic (exact) mass is 451 g/mol. The number of carbonyl (C=O) groups is 2. The Morgan fingerprint density at radius 1 is 1.39 bits per heavy atom. The molecule has 2 aliphatic rings. The third kappa shape index (κ3) is 5.86. The van der Waals surface area contributed by atoms with Crippen molar-refractivity contribution in [2.75, 3.05) is 13.2 Å². The highest BCUT2D eigenvalue weighted by molar-refractivity contribution is 6.10. The van der Waals surface area contributed by atoms with E-state index in [4.69, 9.17) is 15.5 Å². The van der Waals surface area contributed by atoms with Gasteiger partial charge in [0.05, 0.1) is 5.71 Å². The van der Waals surface area contributed by atoms with Crippen LogP contribution in [0.3, 0.4) is 0 Å². The van der Waals surface area contributed by atoms with Crippen LogP contribution in [0.25, 0.3) is 0 Å². The summed E-state index contributed by atoms with van der Waals surface area (Å²) < 4.78 is 5.76. The third-order valence-electron chi connectivity index (χ3n) is 6.26. The zero-order valence-corrected chi connectivity index (χ0v) is 19.4. The zero-order valence-electron chi connectivity index (χ0n) is 19.4. The highest BCUT2D eigenvalue weighted by Gasteiger charge is 2.39. The summed E-state index contributed by atoms with van der Waals surface area (Å²) in [5.74, 6) is -2.51. The second-order valence-corrected chi connectivity index (χ2v) is 8.56. The van der Waals surface area contributed by atoms with Gasteiger partial charge in [-0.15, -0.1) is 0 Å². The molecule has 176 valence electrons. The number of carboxylic acids is 1. The minimum absolute atomic E-state index is 0.154. The Hall–Kier alpha value is -3.03. The Morgan fingerprint density at radius 2 is 2.18 bits per heavy atom. The summed E-state index contributed by atoms with van der Waals surface area (Å²) in [4.78, 5) is 31.1. The Morgan fingerprint density at radius 3 is 2.79 bits per heavy atom. The second kappa shape index (κ2) is 11.2. The normalized spacial score (nSPS) is 26.1. The fourth-order valence-electron chi connectivity index (χ4n) is 4.44. The summed E-state index contributed by atoms with van der Waals surface area (Å²) in [6.07, 6.45) is 9.35. The second-order valence-electron chi connectivity index (χ2n) is 8.56. The van der Waals surface area contributed by atoms with Crippen LogP contribution in [-0.2, 0) is 20.9 Å². The molecule has 2 saturated heterocycles. The number of aliphatic carboxylic acids is 1. The number of aliphatic imine (C=N–C) groups is 1. The molecule has 0 saturated carbocycles. The van der Waals surface area contributed by atoms with Crippen molar-refractivity contribution in [2.24, 2.45) is 16.6 Å². The van der Waals surface area contributed by atoms with Crippen LogP contribution in [0.1, 0.15) is 42.9 Å². The summed E-state index contributed by atoms with van der Waals surface area (Å²) in [5.41, 5.74) is 9.99. The van der Waals surface area contributed by atoms with Gasteiger partial charge >= 0.3 is 5.97 Å². The molecule has 0 amide bonds. The lowest BCUT2D eigenvalue weighted by atomic mass is 9.86. The van der Waals surface area contributed by atoms with Crippen molar-refractivity contribution in [3.05, 3.63) is 71.5 Å². The number of likely N-dealkylation sites (tertiary alicyclic amines) is 1. The number of benzene rings is 1. The van der Waals surface area contributed by atoms with Crippen LogP contribution in [0.4, 0.5) is 0 Å². The largest absolute Gasteiger partial charge is 0.481 e. The molecule has 1 aromatic carbocycles. The van der Waals surface area contributed by atoms with Crippen molar-refractivity contribution in [2.45, 2.75) is 51.9 Å². The van der Waals surface area contributed by atoms with Crippen molar-refractivity contribution in [3.8, 4) is 0 Å². The first-order valence-corrected chi connectivity index (χ1v) is 11.4. The fourth-order valence-corrected chi connectivity index (χ4v) is 4.44. The molecule has 0 spiro atoms. The van der Waals surface area contributed by atoms with Crippen LogP contribution in [0.2, 0.25) is 0 Å². The molecule has 2 unspecified atom stereocenters. The highest BCUT2D eigenvalue weighted by atomic mass is 16.5. The lowest BCUT2D eigenvalue weighted by molar-refractivity contribution is -0.147. The van der Waals surface area contributed by atoms with E-state index >= 15 is 0 Å². The number of Topliss-reactive ketones (excluding diaryl/α,β-unsaturated/α-hetero) is 1. The molecule has 0 radical (unpaired) electrons. The van der Waals surface area contributed by atoms with E-state index < -0.39 is 11.9 Å². The number of nitrogens with zero attached hydrogens (tertiary/aromatic N) is 2. The molecule has 0 aliphatic carbocycles. The molecule has 33 heavy (non-hydrogen) atoms. The number of hydrogen-bond donors (Lipinski definition) is 2. The van der Waals surface area contributed by atoms with Crippen LogP contribution < -0.4 is 5.73 Å². The summed E-state index contributed by atoms with van der Waals surface area (Å²) in [7, 11) is 0. The van der Waals surface area contributed by atoms with Crippen molar-refractivity contribution < 1.29 is 19.4 Å². The van der Waals surface area contributed by atoms with Crippen molar-refractivity contribution in [1.82, 2.24) is 4.90 Å². The molecule has 7 nitrogen and oxygen atoms in total. The van der Waals surface area contributed by atoms with Crippen LogP contribution >= 0.6 is 0 Å². The molecule has 1 aromatic rings. The van der Waals surface area contributed by atoms with E-state index in [1.165, 1.54) is 12.3 Å². The molecule has 7 heteroatoms. The van der Waals surface area contributed by atoms with Gasteiger partial charge in [-0.3, -0.25) is 19.5 Å². The molecular weight excluding hydrogens is 418 g/mol. The van der Waals surface area contributed by atoms with Crippen LogP contribution in [0, 0.1) is 12.8 Å². The SMILES string of the molecule is C=C/C=C1/C(=O)C(C(=O)O)CN(Cc2ccc(C(/C=C\N)=N\C3CCCCO3)c(C)c2)[C@@H]1C. The number of nitrogens with two attached hydrogens (primary N) is 1. The van der Waals surface area contributed by atoms with Crippen molar-refractivity contribution in [3.63, 3.8) is 0 Å². The van der Waals surface area contributed by atoms with Gasteiger partial charge in [-0.1, -0.05) is 36.9 Å². The van der Waals surface area contributed by atoms with Gasteiger partial charge in [-0.2, -0.15) is 0 Å². The summed E-state index contributed by atoms with van der Waals surface area (Å²) in [6, 6.07) is 5.90. The van der Waals surface area contributed by atoms with Gasteiger partial charge < -0.3 is 15.6 Å². The number of hydrogen-bond acceptors (Lipinski definition) is 6. The van der Waals surface area contributed by atoms with Gasteiger partial charge in [0.15, 0.2) is 5.78 Å². The van der Waals surface area contributed by atoms with E-state index in [-0.39, 0.29) is 24.6 Å². The maximum absolute atomic E-state index is 12.6. The van der Waals surface area contributed by atoms with E-state index in [0.29, 0.717) is 12.1 Å². The molecule has 0 bridgehead atoms. The number of ketones is 1. The van der Waals surface area contributed by atoms with Gasteiger partial charge in [0.25, 0.3) is 0 Å². The molecule has 2 fully saturated rings. The first-order chi connectivity index (χ1) is 15.8. The van der Waals surface area contributed by atoms with Crippen LogP contribution in [0.5, 0.6) is 0 Å². The minimum atomic E-state index is -1.10. The standard InChI is InChI=1S/C26H33N3O4/c1-4-7-21-18(3)29(16-22(25(21)30)26(31)32)15-19-9-10-20(17(2)14-19)23(11-12-27)28-24-8-5-6-13-33-24/h4,7,9-12,14,18,22,24H,1,5-6,8,13,15-16,27H2,2-3H3,(H,31,32)/b12-11-,21-7+,28-23-/t18-,22?,24?/m1/s1. The van der Waals surface area contributed by atoms with E-state index in [9.17, 15) is 14.7 Å². The molecule has 0 aromatic heterocycles. The highest BCUT2D eigenvalue weighted by Crippen LogP contribution is 2.27. The Kier molecular flexibility index (Phi) is 8.36. The number of carboxylic acid groups (broad SMARTS) is 1. The van der Waals surface area contributed by atoms with Crippen LogP contribution in [-0.4, -0.2) is 52.9 Å². The van der Waals surface area contributed by atoms with Crippen LogP contribution in [0.15, 0.2) is 59.8 Å². The lowest BCUT2D eigenvalue weighted by Gasteiger charge is -2.37. The smallest absolute Gasteiger partial charge is 0.315 e. The molecule has 2 heterocycles. The van der Waals surface area contributed by atoms with Gasteiger partial charge in [0.1, 0.15) is 12.1 Å². The van der Waals surface area contributed by atoms with Gasteiger partial charge in [0.2, 0.25) is 0 Å². The predicted molar refractivity (Wildman–Crippen MR) is 129 cm³/mol. The average molecular weight is 452 g/mol. The van der Waals surface area contributed by atoms with E-state index in [2.05, 4.69) is 12.6 Å². The third-order valence-corrected chi connectivity index (χ3v) is 6.26. The number of carbonyl (C=O) groups excluding carboxylic acids is 1. The molecular formula is C26H33N3O4. The number of aryl methyl sites for hydroxylation is 1. The Labute approximate surface area is 195 Å². The number of piperidine rings is 1. The summed E-state index contributed by atoms with van der Waals surface area (Å²) >= 11 is 0. The summed E-state index contributed by atoms with van der Waals surface area (Å²) in [6.45, 7) is 9.04. The molecule has 3 rings (SSSR count). The van der Waals surface area contributed by atoms with E-state index in [0.717, 1.165) is 48.3 Å². The first-order valence-electron chi connectivity index (χ1n) is 11.4. The number of ether oxygens (including phenoxy) is 1. The Balaban J connectivity index is 1.84. The quantitative estimate of drug-likeness (QED) is 0.374. The maximum Gasteiger partial charge on any atom is 0.315 e. The van der Waals surface area contributed by atoms with E-state index in [1.807, 2.05) is 30.9 Å². The van der Waals surface area contributed by atoms with Crippen molar-refractivity contribution in [1.29, 1.82) is 0 Å². The Bertz CT molecular complexity index is 989. The van der Waals surface area contributed by atoms with E-state index in [1.54, 1.807) is 12.2 Å². The van der Waals surface area contributed by atoms with Gasteiger partial charge in [0, 0.05) is 36.9 Å². The lowest BCUT2D eigenvalue weighted by Crippen LogP contribution is -2.50. The van der Waals surface area contributed by atoms with Gasteiger partial charge in [-0.05, 0) is 56.5 Å². The first kappa shape index (κ1) is 24.6. The number of rotatable bonds is 7. The number of allylic oxidation sites excluding steroid dienone is 3. The molecule has 2 aliphatic heterocycles. The topological polar surface area (TPSA) is 105 Å². The van der Waals surface area contributed by atoms with Crippen molar-refractivity contribution >= 4 is 17.5 Å². The molecule has 3 N–H and O–H groups in total. The zero-order chi connectivity index (χ0) is 24.0. The molecule has 3 atom stereocenters. The minimum Gasteiger partial charge on any atom is -0.481 e. The predicted octanol–water partition coefficient (Wildman–Crippen LogP) is 3.37. The van der Waals surface area contributed by atoms with Gasteiger partial charge in [-0.25, -0.2) is 0 Å².